The third kappa shape index (κ3) is 2.72. The van der Waals surface area contributed by atoms with Crippen LogP contribution < -0.4 is 5.56 Å². The summed E-state index contributed by atoms with van der Waals surface area (Å²) in [6, 6.07) is 15.6. The molecule has 0 unspecified atom stereocenters. The van der Waals surface area contributed by atoms with E-state index in [1.165, 1.54) is 5.56 Å². The van der Waals surface area contributed by atoms with Crippen LogP contribution in [0.4, 0.5) is 0 Å². The molecule has 5 nitrogen and oxygen atoms in total. The van der Waals surface area contributed by atoms with E-state index in [-0.39, 0.29) is 5.56 Å². The number of fused-ring (bicyclic) bond motifs is 1. The molecule has 24 heavy (non-hydrogen) atoms. The normalized spacial score (nSPS) is 11.0. The van der Waals surface area contributed by atoms with Crippen molar-refractivity contribution in [2.75, 3.05) is 0 Å². The molecule has 0 spiro atoms. The number of hydrogen-bond donors (Lipinski definition) is 0. The molecule has 0 N–H and O–H groups in total. The van der Waals surface area contributed by atoms with E-state index in [0.717, 1.165) is 18.5 Å². The van der Waals surface area contributed by atoms with Crippen molar-refractivity contribution in [1.82, 2.24) is 18.9 Å². The predicted molar refractivity (Wildman–Crippen MR) is 92.8 cm³/mol. The molecule has 3 aromatic heterocycles. The number of aromatic nitrogens is 4. The van der Waals surface area contributed by atoms with Gasteiger partial charge in [0.1, 0.15) is 0 Å². The van der Waals surface area contributed by atoms with E-state index in [4.69, 9.17) is 0 Å². The summed E-state index contributed by atoms with van der Waals surface area (Å²) in [5.74, 6) is 0.658. The van der Waals surface area contributed by atoms with E-state index >= 15 is 0 Å². The van der Waals surface area contributed by atoms with E-state index in [0.29, 0.717) is 11.5 Å². The van der Waals surface area contributed by atoms with Crippen molar-refractivity contribution in [3.8, 4) is 11.3 Å². The van der Waals surface area contributed by atoms with Crippen LogP contribution in [-0.2, 0) is 13.0 Å². The van der Waals surface area contributed by atoms with E-state index in [9.17, 15) is 4.79 Å². The van der Waals surface area contributed by atoms with Gasteiger partial charge in [-0.25, -0.2) is 4.98 Å². The Labute approximate surface area is 138 Å². The molecule has 0 saturated carbocycles. The number of benzene rings is 1. The predicted octanol–water partition coefficient (Wildman–Crippen LogP) is 2.80. The molecule has 0 aliphatic heterocycles. The van der Waals surface area contributed by atoms with Crippen LogP contribution in [0.5, 0.6) is 0 Å². The fraction of sp³-hybridized carbons (Fsp3) is 0.105. The lowest BCUT2D eigenvalue weighted by Crippen LogP contribution is -2.14. The Morgan fingerprint density at radius 1 is 0.958 bits per heavy atom. The zero-order valence-electron chi connectivity index (χ0n) is 13.0. The molecule has 5 heteroatoms. The van der Waals surface area contributed by atoms with Crippen LogP contribution in [0.25, 0.3) is 17.0 Å². The Morgan fingerprint density at radius 3 is 2.54 bits per heavy atom. The molecule has 0 saturated heterocycles. The fourth-order valence-corrected chi connectivity index (χ4v) is 2.77. The molecule has 118 valence electrons. The van der Waals surface area contributed by atoms with Crippen molar-refractivity contribution in [3.05, 3.63) is 89.2 Å². The molecular formula is C19H16N4O. The maximum absolute atomic E-state index is 12.4. The van der Waals surface area contributed by atoms with Gasteiger partial charge in [0, 0.05) is 43.0 Å². The van der Waals surface area contributed by atoms with E-state index in [1.807, 2.05) is 41.1 Å². The molecule has 4 aromatic rings. The van der Waals surface area contributed by atoms with Crippen LogP contribution in [0.2, 0.25) is 0 Å². The lowest BCUT2D eigenvalue weighted by atomic mass is 10.1. The molecule has 0 fully saturated rings. The highest BCUT2D eigenvalue weighted by Gasteiger charge is 2.08. The van der Waals surface area contributed by atoms with Gasteiger partial charge >= 0.3 is 0 Å². The van der Waals surface area contributed by atoms with E-state index in [2.05, 4.69) is 22.1 Å². The average molecular weight is 316 g/mol. The second-order valence-corrected chi connectivity index (χ2v) is 5.61. The summed E-state index contributed by atoms with van der Waals surface area (Å²) >= 11 is 0. The third-order valence-corrected chi connectivity index (χ3v) is 4.05. The fourth-order valence-electron chi connectivity index (χ4n) is 2.77. The van der Waals surface area contributed by atoms with Gasteiger partial charge in [-0.2, -0.15) is 0 Å². The molecule has 0 bridgehead atoms. The number of hydrogen-bond acceptors (Lipinski definition) is 3. The van der Waals surface area contributed by atoms with Gasteiger partial charge in [0.15, 0.2) is 0 Å². The minimum absolute atomic E-state index is 0.0785. The van der Waals surface area contributed by atoms with Crippen molar-refractivity contribution in [2.45, 2.75) is 13.0 Å². The minimum atomic E-state index is -0.0785. The lowest BCUT2D eigenvalue weighted by Gasteiger charge is -2.06. The highest BCUT2D eigenvalue weighted by Crippen LogP contribution is 2.15. The van der Waals surface area contributed by atoms with Gasteiger partial charge in [-0.15, -0.1) is 0 Å². The minimum Gasteiger partial charge on any atom is -0.316 e. The number of imidazole rings is 1. The summed E-state index contributed by atoms with van der Waals surface area (Å²) in [6.07, 6.45) is 7.97. The van der Waals surface area contributed by atoms with Crippen molar-refractivity contribution in [2.24, 2.45) is 0 Å². The number of nitrogens with zero attached hydrogens (tertiary/aromatic N) is 4. The summed E-state index contributed by atoms with van der Waals surface area (Å²) < 4.78 is 3.59. The van der Waals surface area contributed by atoms with Crippen molar-refractivity contribution in [1.29, 1.82) is 0 Å². The van der Waals surface area contributed by atoms with Gasteiger partial charge in [0.25, 0.3) is 5.56 Å². The van der Waals surface area contributed by atoms with E-state index in [1.54, 1.807) is 29.1 Å². The summed E-state index contributed by atoms with van der Waals surface area (Å²) in [6.45, 7) is 0.771. The largest absolute Gasteiger partial charge is 0.316 e. The number of rotatable bonds is 4. The van der Waals surface area contributed by atoms with Crippen LogP contribution in [0.15, 0.2) is 78.1 Å². The number of aryl methyl sites for hydroxylation is 2. The monoisotopic (exact) mass is 316 g/mol. The van der Waals surface area contributed by atoms with Crippen molar-refractivity contribution in [3.63, 3.8) is 0 Å². The zero-order chi connectivity index (χ0) is 16.4. The van der Waals surface area contributed by atoms with Gasteiger partial charge in [-0.1, -0.05) is 30.3 Å². The Balaban J connectivity index is 1.72. The van der Waals surface area contributed by atoms with Crippen LogP contribution in [0.1, 0.15) is 5.56 Å². The van der Waals surface area contributed by atoms with Gasteiger partial charge in [-0.05, 0) is 24.1 Å². The summed E-state index contributed by atoms with van der Waals surface area (Å²) in [5, 5.41) is 0. The van der Waals surface area contributed by atoms with Crippen LogP contribution in [0, 0.1) is 0 Å². The summed E-state index contributed by atoms with van der Waals surface area (Å²) in [7, 11) is 0. The molecule has 4 rings (SSSR count). The van der Waals surface area contributed by atoms with E-state index < -0.39 is 0 Å². The highest BCUT2D eigenvalue weighted by molar-refractivity contribution is 5.59. The number of pyridine rings is 1. The second-order valence-electron chi connectivity index (χ2n) is 5.61. The third-order valence-electron chi connectivity index (χ3n) is 4.05. The Morgan fingerprint density at radius 2 is 1.75 bits per heavy atom. The Hall–Kier alpha value is -3.21. The SMILES string of the molecule is O=c1cc(-c2ccncc2)nc2n(CCc3ccccc3)ccn12. The molecule has 0 aliphatic rings. The van der Waals surface area contributed by atoms with Gasteiger partial charge < -0.3 is 4.57 Å². The maximum Gasteiger partial charge on any atom is 0.259 e. The second kappa shape index (κ2) is 6.12. The maximum atomic E-state index is 12.4. The van der Waals surface area contributed by atoms with Gasteiger partial charge in [-0.3, -0.25) is 14.2 Å². The molecular weight excluding hydrogens is 300 g/mol. The first kappa shape index (κ1) is 14.4. The lowest BCUT2D eigenvalue weighted by molar-refractivity contribution is 0.709. The molecule has 0 amide bonds. The summed E-state index contributed by atoms with van der Waals surface area (Å²) in [5.41, 5.74) is 2.74. The standard InChI is InChI=1S/C19H16N4O/c24-18-14-17(16-6-9-20-10-7-16)21-19-22(12-13-23(18)19)11-8-15-4-2-1-3-5-15/h1-7,9-10,12-14H,8,11H2. The van der Waals surface area contributed by atoms with Crippen LogP contribution in [-0.4, -0.2) is 18.9 Å². The Kier molecular flexibility index (Phi) is 3.67. The van der Waals surface area contributed by atoms with Gasteiger partial charge in [0.2, 0.25) is 5.78 Å². The smallest absolute Gasteiger partial charge is 0.259 e. The van der Waals surface area contributed by atoms with Crippen LogP contribution in [0.3, 0.4) is 0 Å². The molecule has 3 heterocycles. The first-order chi connectivity index (χ1) is 11.8. The van der Waals surface area contributed by atoms with Crippen molar-refractivity contribution >= 4 is 5.78 Å². The molecule has 1 aromatic carbocycles. The first-order valence-electron chi connectivity index (χ1n) is 7.84. The Bertz CT molecular complexity index is 1020. The molecule has 0 aliphatic carbocycles. The van der Waals surface area contributed by atoms with Gasteiger partial charge in [0.05, 0.1) is 5.69 Å². The van der Waals surface area contributed by atoms with Crippen molar-refractivity contribution < 1.29 is 0 Å². The molecule has 0 radical (unpaired) electrons. The topological polar surface area (TPSA) is 52.2 Å². The van der Waals surface area contributed by atoms with Crippen LogP contribution >= 0.6 is 0 Å². The molecule has 0 atom stereocenters. The first-order valence-corrected chi connectivity index (χ1v) is 7.84. The summed E-state index contributed by atoms with van der Waals surface area (Å²) in [4.78, 5) is 21.0. The quantitative estimate of drug-likeness (QED) is 0.582. The average Bonchev–Trinajstić information content (AvgIpc) is 3.05. The highest BCUT2D eigenvalue weighted by atomic mass is 16.1. The zero-order valence-corrected chi connectivity index (χ0v) is 13.0.